The fourth-order valence-electron chi connectivity index (χ4n) is 3.87. The lowest BCUT2D eigenvalue weighted by Gasteiger charge is -2.19. The number of benzene rings is 1. The molecule has 1 aliphatic rings. The highest BCUT2D eigenvalue weighted by molar-refractivity contribution is 6.04. The minimum absolute atomic E-state index is 0.0186. The second-order valence-corrected chi connectivity index (χ2v) is 8.16. The van der Waals surface area contributed by atoms with E-state index < -0.39 is 11.9 Å². The molecule has 180 valence electrons. The maximum atomic E-state index is 13.2. The molecule has 3 aromatic heterocycles. The van der Waals surface area contributed by atoms with Gasteiger partial charge in [-0.15, -0.1) is 0 Å². The largest absolute Gasteiger partial charge is 0.486 e. The van der Waals surface area contributed by atoms with Crippen LogP contribution in [-0.4, -0.2) is 47.0 Å². The predicted molar refractivity (Wildman–Crippen MR) is 124 cm³/mol. The molecule has 0 radical (unpaired) electrons. The molecule has 0 amide bonds. The highest BCUT2D eigenvalue weighted by atomic mass is 16.6. The van der Waals surface area contributed by atoms with Crippen LogP contribution in [-0.2, 0) is 16.1 Å². The minimum Gasteiger partial charge on any atom is -0.486 e. The number of fused-ring (bicyclic) bond motifs is 2. The van der Waals surface area contributed by atoms with Gasteiger partial charge in [-0.3, -0.25) is 0 Å². The molecule has 0 aliphatic carbocycles. The monoisotopic (exact) mass is 477 g/mol. The van der Waals surface area contributed by atoms with Crippen molar-refractivity contribution in [3.63, 3.8) is 0 Å². The Bertz CT molecular complexity index is 1420. The molecule has 10 nitrogen and oxygen atoms in total. The van der Waals surface area contributed by atoms with Gasteiger partial charge in [0.1, 0.15) is 18.8 Å². The van der Waals surface area contributed by atoms with Crippen molar-refractivity contribution in [2.45, 2.75) is 26.5 Å². The lowest BCUT2D eigenvalue weighted by Crippen LogP contribution is -2.15. The summed E-state index contributed by atoms with van der Waals surface area (Å²) in [7, 11) is 1.27. The van der Waals surface area contributed by atoms with Crippen molar-refractivity contribution in [2.75, 3.05) is 20.3 Å². The fraction of sp³-hybridized carbons (Fsp3) is 0.280. The molecule has 10 heteroatoms. The van der Waals surface area contributed by atoms with Gasteiger partial charge in [-0.25, -0.2) is 19.3 Å². The number of carbonyl (C=O) groups is 2. The van der Waals surface area contributed by atoms with E-state index in [1.807, 2.05) is 32.0 Å². The van der Waals surface area contributed by atoms with E-state index in [2.05, 4.69) is 5.10 Å². The van der Waals surface area contributed by atoms with E-state index >= 15 is 0 Å². The molecule has 4 aromatic rings. The molecule has 0 saturated heterocycles. The highest BCUT2D eigenvalue weighted by Gasteiger charge is 2.22. The summed E-state index contributed by atoms with van der Waals surface area (Å²) in [6, 6.07) is 8.65. The number of hydrogen-bond acceptors (Lipinski definition) is 9. The molecule has 0 spiro atoms. The molecule has 1 aromatic carbocycles. The number of methoxy groups -OCH3 is 1. The van der Waals surface area contributed by atoms with Gasteiger partial charge >= 0.3 is 11.9 Å². The summed E-state index contributed by atoms with van der Waals surface area (Å²) in [4.78, 5) is 29.9. The summed E-state index contributed by atoms with van der Waals surface area (Å²) in [5, 5.41) is 4.98. The average molecular weight is 477 g/mol. The maximum Gasteiger partial charge on any atom is 0.341 e. The second kappa shape index (κ2) is 9.13. The van der Waals surface area contributed by atoms with Crippen LogP contribution in [0.15, 0.2) is 47.2 Å². The zero-order valence-corrected chi connectivity index (χ0v) is 19.4. The van der Waals surface area contributed by atoms with Gasteiger partial charge in [-0.2, -0.15) is 5.10 Å². The molecule has 35 heavy (non-hydrogen) atoms. The second-order valence-electron chi connectivity index (χ2n) is 8.16. The standard InChI is InChI=1S/C25H23N3O7/c1-14(2)28-23-18(12-26-28)17(25(30)35-13-22-16(6-7-32-22)24(29)31-3)11-19(27-23)15-4-5-20-21(10-15)34-9-8-33-20/h4-7,10-12,14H,8-9,13H2,1-3H3. The first kappa shape index (κ1) is 22.5. The molecule has 0 fully saturated rings. The summed E-state index contributed by atoms with van der Waals surface area (Å²) in [5.41, 5.74) is 2.34. The third-order valence-corrected chi connectivity index (χ3v) is 5.60. The fourth-order valence-corrected chi connectivity index (χ4v) is 3.87. The maximum absolute atomic E-state index is 13.2. The van der Waals surface area contributed by atoms with Crippen molar-refractivity contribution < 1.29 is 33.0 Å². The molecule has 0 N–H and O–H groups in total. The summed E-state index contributed by atoms with van der Waals surface area (Å²) in [5.74, 6) is 0.292. The number of carbonyl (C=O) groups excluding carboxylic acids is 2. The van der Waals surface area contributed by atoms with Gasteiger partial charge in [-0.05, 0) is 44.2 Å². The van der Waals surface area contributed by atoms with E-state index in [0.29, 0.717) is 41.4 Å². The van der Waals surface area contributed by atoms with Crippen LogP contribution >= 0.6 is 0 Å². The number of esters is 2. The quantitative estimate of drug-likeness (QED) is 0.377. The Morgan fingerprint density at radius 1 is 1.06 bits per heavy atom. The van der Waals surface area contributed by atoms with E-state index in [9.17, 15) is 9.59 Å². The summed E-state index contributed by atoms with van der Waals surface area (Å²) in [6.07, 6.45) is 2.94. The van der Waals surface area contributed by atoms with Crippen LogP contribution < -0.4 is 9.47 Å². The Morgan fingerprint density at radius 2 is 1.86 bits per heavy atom. The lowest BCUT2D eigenvalue weighted by atomic mass is 10.1. The first-order valence-corrected chi connectivity index (χ1v) is 11.1. The number of furan rings is 1. The van der Waals surface area contributed by atoms with Gasteiger partial charge in [0, 0.05) is 11.6 Å². The van der Waals surface area contributed by atoms with Crippen molar-refractivity contribution in [1.82, 2.24) is 14.8 Å². The van der Waals surface area contributed by atoms with Crippen LogP contribution in [0.3, 0.4) is 0 Å². The molecule has 0 unspecified atom stereocenters. The normalized spacial score (nSPS) is 12.7. The minimum atomic E-state index is -0.605. The number of rotatable bonds is 6. The topological polar surface area (TPSA) is 115 Å². The molecule has 0 bridgehead atoms. The highest BCUT2D eigenvalue weighted by Crippen LogP contribution is 2.35. The molecule has 5 rings (SSSR count). The van der Waals surface area contributed by atoms with Crippen LogP contribution in [0.5, 0.6) is 11.5 Å². The van der Waals surface area contributed by atoms with Crippen LogP contribution in [0.2, 0.25) is 0 Å². The van der Waals surface area contributed by atoms with Gasteiger partial charge < -0.3 is 23.4 Å². The van der Waals surface area contributed by atoms with Crippen molar-refractivity contribution in [2.24, 2.45) is 0 Å². The van der Waals surface area contributed by atoms with E-state index in [4.69, 9.17) is 28.3 Å². The molecule has 4 heterocycles. The van der Waals surface area contributed by atoms with E-state index in [-0.39, 0.29) is 29.5 Å². The van der Waals surface area contributed by atoms with E-state index in [0.717, 1.165) is 5.56 Å². The smallest absolute Gasteiger partial charge is 0.341 e. The number of nitrogens with zero attached hydrogens (tertiary/aromatic N) is 3. The Kier molecular flexibility index (Phi) is 5.86. The van der Waals surface area contributed by atoms with Gasteiger partial charge in [-0.1, -0.05) is 0 Å². The number of hydrogen-bond donors (Lipinski definition) is 0. The summed E-state index contributed by atoms with van der Waals surface area (Å²) in [6.45, 7) is 4.68. The Labute approximate surface area is 200 Å². The zero-order chi connectivity index (χ0) is 24.5. The summed E-state index contributed by atoms with van der Waals surface area (Å²) < 4.78 is 28.6. The zero-order valence-electron chi connectivity index (χ0n) is 19.4. The van der Waals surface area contributed by atoms with Crippen LogP contribution in [0, 0.1) is 0 Å². The Hall–Kier alpha value is -4.34. The molecule has 0 saturated carbocycles. The van der Waals surface area contributed by atoms with Crippen LogP contribution in [0.25, 0.3) is 22.3 Å². The number of ether oxygens (including phenoxy) is 4. The van der Waals surface area contributed by atoms with Crippen molar-refractivity contribution in [3.05, 3.63) is 59.7 Å². The van der Waals surface area contributed by atoms with Gasteiger partial charge in [0.25, 0.3) is 0 Å². The van der Waals surface area contributed by atoms with Crippen molar-refractivity contribution in [1.29, 1.82) is 0 Å². The van der Waals surface area contributed by atoms with Crippen molar-refractivity contribution in [3.8, 4) is 22.8 Å². The number of pyridine rings is 1. The molecule has 0 atom stereocenters. The Morgan fingerprint density at radius 3 is 2.63 bits per heavy atom. The molecular formula is C25H23N3O7. The van der Waals surface area contributed by atoms with Gasteiger partial charge in [0.05, 0.1) is 36.2 Å². The summed E-state index contributed by atoms with van der Waals surface area (Å²) >= 11 is 0. The molecular weight excluding hydrogens is 454 g/mol. The van der Waals surface area contributed by atoms with E-state index in [1.54, 1.807) is 16.9 Å². The SMILES string of the molecule is COC(=O)c1ccoc1COC(=O)c1cc(-c2ccc3c(c2)OCCO3)nc2c1cnn2C(C)C. The third-order valence-electron chi connectivity index (χ3n) is 5.60. The Balaban J connectivity index is 1.53. The average Bonchev–Trinajstić information content (AvgIpc) is 3.53. The van der Waals surface area contributed by atoms with Gasteiger partial charge in [0.2, 0.25) is 0 Å². The lowest BCUT2D eigenvalue weighted by molar-refractivity contribution is 0.0434. The van der Waals surface area contributed by atoms with Crippen LogP contribution in [0.4, 0.5) is 0 Å². The first-order valence-electron chi connectivity index (χ1n) is 11.1. The first-order chi connectivity index (χ1) is 17.0. The molecule has 1 aliphatic heterocycles. The predicted octanol–water partition coefficient (Wildman–Crippen LogP) is 4.19. The van der Waals surface area contributed by atoms with Crippen molar-refractivity contribution >= 4 is 23.0 Å². The van der Waals surface area contributed by atoms with E-state index in [1.165, 1.54) is 19.4 Å². The third kappa shape index (κ3) is 4.18. The number of aromatic nitrogens is 3. The van der Waals surface area contributed by atoms with Gasteiger partial charge in [0.15, 0.2) is 29.5 Å². The van der Waals surface area contributed by atoms with Crippen LogP contribution in [0.1, 0.15) is 46.4 Å².